The molecular formula is C15H31N3. The van der Waals surface area contributed by atoms with Gasteiger partial charge < -0.3 is 5.32 Å². The summed E-state index contributed by atoms with van der Waals surface area (Å²) >= 11 is 0. The van der Waals surface area contributed by atoms with Crippen molar-refractivity contribution in [2.24, 2.45) is 0 Å². The molecule has 0 aromatic rings. The molecule has 2 rings (SSSR count). The second-order valence-electron chi connectivity index (χ2n) is 5.93. The van der Waals surface area contributed by atoms with Crippen LogP contribution in [0, 0.1) is 0 Å². The maximum Gasteiger partial charge on any atom is 0.0223 e. The lowest BCUT2D eigenvalue weighted by atomic mass is 9.97. The van der Waals surface area contributed by atoms with Gasteiger partial charge in [-0.05, 0) is 32.4 Å². The zero-order chi connectivity index (χ0) is 12.8. The summed E-state index contributed by atoms with van der Waals surface area (Å²) in [6.07, 6.45) is 6.95. The van der Waals surface area contributed by atoms with E-state index in [1.165, 1.54) is 64.8 Å². The molecule has 2 unspecified atom stereocenters. The number of likely N-dealkylation sites (N-methyl/N-ethyl adjacent to an activating group) is 1. The van der Waals surface area contributed by atoms with Crippen molar-refractivity contribution in [3.8, 4) is 0 Å². The molecule has 3 heteroatoms. The van der Waals surface area contributed by atoms with E-state index in [9.17, 15) is 0 Å². The second kappa shape index (κ2) is 7.46. The van der Waals surface area contributed by atoms with Crippen molar-refractivity contribution in [3.05, 3.63) is 0 Å². The van der Waals surface area contributed by atoms with Gasteiger partial charge in [0.05, 0.1) is 0 Å². The largest absolute Gasteiger partial charge is 0.315 e. The van der Waals surface area contributed by atoms with Crippen LogP contribution in [0.1, 0.15) is 46.0 Å². The zero-order valence-corrected chi connectivity index (χ0v) is 12.3. The minimum Gasteiger partial charge on any atom is -0.315 e. The average molecular weight is 253 g/mol. The van der Waals surface area contributed by atoms with Gasteiger partial charge in [0, 0.05) is 38.3 Å². The highest BCUT2D eigenvalue weighted by Gasteiger charge is 2.31. The minimum atomic E-state index is 0.763. The van der Waals surface area contributed by atoms with Crippen LogP contribution < -0.4 is 5.32 Å². The standard InChI is InChI=1S/C15H31N3/c1-3-7-14(12-16-4-2)18-11-10-17-9-6-5-8-15(17)13-18/h14-16H,3-13H2,1-2H3. The molecule has 106 valence electrons. The highest BCUT2D eigenvalue weighted by Crippen LogP contribution is 2.23. The molecule has 0 aromatic carbocycles. The molecule has 0 radical (unpaired) electrons. The Labute approximate surface area is 113 Å². The molecule has 2 atom stereocenters. The first-order valence-corrected chi connectivity index (χ1v) is 8.04. The molecule has 0 saturated carbocycles. The van der Waals surface area contributed by atoms with Crippen molar-refractivity contribution in [1.82, 2.24) is 15.1 Å². The Kier molecular flexibility index (Phi) is 5.93. The van der Waals surface area contributed by atoms with Crippen LogP contribution in [-0.2, 0) is 0 Å². The first-order chi connectivity index (χ1) is 8.85. The van der Waals surface area contributed by atoms with Crippen LogP contribution in [0.3, 0.4) is 0 Å². The van der Waals surface area contributed by atoms with Crippen molar-refractivity contribution >= 4 is 0 Å². The number of rotatable bonds is 6. The number of nitrogens with zero attached hydrogens (tertiary/aromatic N) is 2. The number of piperidine rings is 1. The minimum absolute atomic E-state index is 0.763. The number of piperazine rings is 1. The number of fused-ring (bicyclic) bond motifs is 1. The quantitative estimate of drug-likeness (QED) is 0.780. The van der Waals surface area contributed by atoms with Crippen LogP contribution >= 0.6 is 0 Å². The molecule has 0 amide bonds. The molecule has 0 aliphatic carbocycles. The second-order valence-corrected chi connectivity index (χ2v) is 5.93. The SMILES string of the molecule is CCCC(CNCC)N1CCN2CCCCC2C1. The summed E-state index contributed by atoms with van der Waals surface area (Å²) in [6, 6.07) is 1.62. The highest BCUT2D eigenvalue weighted by atomic mass is 15.3. The Balaban J connectivity index is 1.86. The molecule has 2 saturated heterocycles. The summed E-state index contributed by atoms with van der Waals surface area (Å²) in [7, 11) is 0. The molecule has 1 N–H and O–H groups in total. The molecule has 0 aromatic heterocycles. The molecule has 2 aliphatic heterocycles. The zero-order valence-electron chi connectivity index (χ0n) is 12.3. The molecule has 2 aliphatic rings. The maximum absolute atomic E-state index is 3.55. The van der Waals surface area contributed by atoms with Crippen LogP contribution in [0.2, 0.25) is 0 Å². The molecule has 18 heavy (non-hydrogen) atoms. The number of hydrogen-bond donors (Lipinski definition) is 1. The predicted octanol–water partition coefficient (Wildman–Crippen LogP) is 1.93. The Morgan fingerprint density at radius 2 is 2.06 bits per heavy atom. The van der Waals surface area contributed by atoms with E-state index in [-0.39, 0.29) is 0 Å². The van der Waals surface area contributed by atoms with E-state index in [0.717, 1.165) is 18.6 Å². The van der Waals surface area contributed by atoms with Crippen molar-refractivity contribution in [2.75, 3.05) is 39.3 Å². The van der Waals surface area contributed by atoms with Gasteiger partial charge in [-0.25, -0.2) is 0 Å². The predicted molar refractivity (Wildman–Crippen MR) is 78.0 cm³/mol. The molecule has 0 bridgehead atoms. The van der Waals surface area contributed by atoms with Gasteiger partial charge in [-0.2, -0.15) is 0 Å². The first kappa shape index (κ1) is 14.3. The molecule has 2 fully saturated rings. The van der Waals surface area contributed by atoms with Crippen LogP contribution in [0.25, 0.3) is 0 Å². The van der Waals surface area contributed by atoms with E-state index < -0.39 is 0 Å². The Morgan fingerprint density at radius 3 is 2.83 bits per heavy atom. The third-order valence-electron chi connectivity index (χ3n) is 4.64. The van der Waals surface area contributed by atoms with Gasteiger partial charge in [0.15, 0.2) is 0 Å². The maximum atomic E-state index is 3.55. The van der Waals surface area contributed by atoms with E-state index in [1.807, 2.05) is 0 Å². The third kappa shape index (κ3) is 3.69. The smallest absolute Gasteiger partial charge is 0.0223 e. The Hall–Kier alpha value is -0.120. The fraction of sp³-hybridized carbons (Fsp3) is 1.00. The van der Waals surface area contributed by atoms with Gasteiger partial charge in [0.25, 0.3) is 0 Å². The Bertz CT molecular complexity index is 232. The van der Waals surface area contributed by atoms with Crippen molar-refractivity contribution in [3.63, 3.8) is 0 Å². The van der Waals surface area contributed by atoms with Crippen molar-refractivity contribution in [2.45, 2.75) is 58.0 Å². The van der Waals surface area contributed by atoms with Crippen LogP contribution in [-0.4, -0.2) is 61.2 Å². The van der Waals surface area contributed by atoms with E-state index in [4.69, 9.17) is 0 Å². The lowest BCUT2D eigenvalue weighted by molar-refractivity contribution is 0.0253. The first-order valence-electron chi connectivity index (χ1n) is 8.04. The summed E-state index contributed by atoms with van der Waals surface area (Å²) in [5, 5.41) is 3.55. The summed E-state index contributed by atoms with van der Waals surface area (Å²) in [4.78, 5) is 5.49. The lowest BCUT2D eigenvalue weighted by Crippen LogP contribution is -2.58. The van der Waals surface area contributed by atoms with Gasteiger partial charge >= 0.3 is 0 Å². The van der Waals surface area contributed by atoms with Gasteiger partial charge in [-0.1, -0.05) is 26.7 Å². The summed E-state index contributed by atoms with van der Waals surface area (Å²) < 4.78 is 0. The lowest BCUT2D eigenvalue weighted by Gasteiger charge is -2.46. The fourth-order valence-corrected chi connectivity index (χ4v) is 3.57. The van der Waals surface area contributed by atoms with E-state index >= 15 is 0 Å². The normalized spacial score (nSPS) is 28.0. The third-order valence-corrected chi connectivity index (χ3v) is 4.64. The van der Waals surface area contributed by atoms with Crippen molar-refractivity contribution in [1.29, 1.82) is 0 Å². The van der Waals surface area contributed by atoms with Gasteiger partial charge in [0.2, 0.25) is 0 Å². The topological polar surface area (TPSA) is 18.5 Å². The van der Waals surface area contributed by atoms with E-state index in [2.05, 4.69) is 29.0 Å². The highest BCUT2D eigenvalue weighted by molar-refractivity contribution is 4.88. The monoisotopic (exact) mass is 253 g/mol. The van der Waals surface area contributed by atoms with E-state index in [1.54, 1.807) is 0 Å². The number of hydrogen-bond acceptors (Lipinski definition) is 3. The van der Waals surface area contributed by atoms with Gasteiger partial charge in [-0.3, -0.25) is 9.80 Å². The van der Waals surface area contributed by atoms with E-state index in [0.29, 0.717) is 0 Å². The summed E-state index contributed by atoms with van der Waals surface area (Å²) in [5.74, 6) is 0. The fourth-order valence-electron chi connectivity index (χ4n) is 3.57. The van der Waals surface area contributed by atoms with Crippen LogP contribution in [0.4, 0.5) is 0 Å². The average Bonchev–Trinajstić information content (AvgIpc) is 2.43. The van der Waals surface area contributed by atoms with Gasteiger partial charge in [-0.15, -0.1) is 0 Å². The molecular weight excluding hydrogens is 222 g/mol. The number of nitrogens with one attached hydrogen (secondary N) is 1. The molecule has 0 spiro atoms. The molecule has 2 heterocycles. The Morgan fingerprint density at radius 1 is 1.17 bits per heavy atom. The summed E-state index contributed by atoms with van der Waals surface area (Å²) in [5.41, 5.74) is 0. The van der Waals surface area contributed by atoms with Crippen LogP contribution in [0.15, 0.2) is 0 Å². The van der Waals surface area contributed by atoms with Crippen molar-refractivity contribution < 1.29 is 0 Å². The summed E-state index contributed by atoms with van der Waals surface area (Å²) in [6.45, 7) is 12.1. The van der Waals surface area contributed by atoms with Crippen LogP contribution in [0.5, 0.6) is 0 Å². The van der Waals surface area contributed by atoms with Gasteiger partial charge in [0.1, 0.15) is 0 Å². The molecule has 3 nitrogen and oxygen atoms in total.